The lowest BCUT2D eigenvalue weighted by molar-refractivity contribution is -0.0101. The number of aromatic nitrogens is 1. The van der Waals surface area contributed by atoms with Gasteiger partial charge in [-0.15, -0.1) is 0 Å². The molecule has 19 heavy (non-hydrogen) atoms. The van der Waals surface area contributed by atoms with Crippen LogP contribution in [0.25, 0.3) is 10.9 Å². The molecule has 3 heteroatoms. The topological polar surface area (TPSA) is 34.2 Å². The molecule has 1 saturated heterocycles. The average Bonchev–Trinajstić information content (AvgIpc) is 2.87. The number of rotatable bonds is 3. The Morgan fingerprint density at radius 2 is 2.16 bits per heavy atom. The van der Waals surface area contributed by atoms with Gasteiger partial charge in [-0.2, -0.15) is 0 Å². The summed E-state index contributed by atoms with van der Waals surface area (Å²) in [6.45, 7) is 3.05. The Hall–Kier alpha value is -1.45. The highest BCUT2D eigenvalue weighted by Crippen LogP contribution is 2.38. The lowest BCUT2D eigenvalue weighted by Gasteiger charge is -2.33. The number of likely N-dealkylation sites (N-methyl/N-ethyl adjacent to an activating group) is 1. The predicted octanol–water partition coefficient (Wildman–Crippen LogP) is 3.06. The van der Waals surface area contributed by atoms with E-state index in [0.717, 1.165) is 25.0 Å². The molecule has 3 rings (SSSR count). The zero-order valence-corrected chi connectivity index (χ0v) is 11.5. The molecule has 100 valence electrons. The van der Waals surface area contributed by atoms with Gasteiger partial charge in [0.1, 0.15) is 0 Å². The normalized spacial score (nSPS) is 24.7. The Balaban J connectivity index is 2.11. The van der Waals surface area contributed by atoms with Gasteiger partial charge in [-0.05, 0) is 38.4 Å². The lowest BCUT2D eigenvalue weighted by atomic mass is 9.86. The van der Waals surface area contributed by atoms with E-state index in [1.54, 1.807) is 0 Å². The minimum absolute atomic E-state index is 0.138. The second-order valence-corrected chi connectivity index (χ2v) is 5.41. The van der Waals surface area contributed by atoms with Gasteiger partial charge < -0.3 is 10.1 Å². The van der Waals surface area contributed by atoms with E-state index in [1.807, 2.05) is 19.3 Å². The SMILES string of the molecule is CNC(c1cccc2cccnc12)C1(C)CCCO1. The van der Waals surface area contributed by atoms with Crippen molar-refractivity contribution in [2.45, 2.75) is 31.4 Å². The number of pyridine rings is 1. The van der Waals surface area contributed by atoms with E-state index in [0.29, 0.717) is 0 Å². The molecule has 2 aromatic rings. The maximum absolute atomic E-state index is 6.01. The molecule has 3 nitrogen and oxygen atoms in total. The average molecular weight is 256 g/mol. The smallest absolute Gasteiger partial charge is 0.0849 e. The predicted molar refractivity (Wildman–Crippen MR) is 77.1 cm³/mol. The largest absolute Gasteiger partial charge is 0.373 e. The van der Waals surface area contributed by atoms with Crippen molar-refractivity contribution < 1.29 is 4.74 Å². The number of fused-ring (bicyclic) bond motifs is 1. The number of para-hydroxylation sites is 1. The Bertz CT molecular complexity index is 570. The zero-order valence-electron chi connectivity index (χ0n) is 11.5. The highest BCUT2D eigenvalue weighted by atomic mass is 16.5. The molecule has 2 atom stereocenters. The quantitative estimate of drug-likeness (QED) is 0.916. The fourth-order valence-electron chi connectivity index (χ4n) is 3.18. The van der Waals surface area contributed by atoms with E-state index in [-0.39, 0.29) is 11.6 Å². The molecule has 1 fully saturated rings. The van der Waals surface area contributed by atoms with Crippen LogP contribution in [-0.4, -0.2) is 24.2 Å². The van der Waals surface area contributed by atoms with Crippen molar-refractivity contribution in [1.82, 2.24) is 10.3 Å². The fraction of sp³-hybridized carbons (Fsp3) is 0.438. The summed E-state index contributed by atoms with van der Waals surface area (Å²) in [6, 6.07) is 10.6. The summed E-state index contributed by atoms with van der Waals surface area (Å²) < 4.78 is 6.01. The van der Waals surface area contributed by atoms with Gasteiger partial charge in [0.2, 0.25) is 0 Å². The van der Waals surface area contributed by atoms with Gasteiger partial charge in [0.15, 0.2) is 0 Å². The van der Waals surface area contributed by atoms with Gasteiger partial charge in [-0.3, -0.25) is 4.98 Å². The Labute approximate surface area is 114 Å². The Morgan fingerprint density at radius 1 is 1.32 bits per heavy atom. The van der Waals surface area contributed by atoms with E-state index in [2.05, 4.69) is 41.5 Å². The number of hydrogen-bond donors (Lipinski definition) is 1. The molecule has 0 bridgehead atoms. The third kappa shape index (κ3) is 2.13. The van der Waals surface area contributed by atoms with E-state index in [1.165, 1.54) is 10.9 Å². The second kappa shape index (κ2) is 4.91. The van der Waals surface area contributed by atoms with Crippen LogP contribution in [0.2, 0.25) is 0 Å². The van der Waals surface area contributed by atoms with E-state index < -0.39 is 0 Å². The highest BCUT2D eigenvalue weighted by Gasteiger charge is 2.39. The zero-order chi connectivity index (χ0) is 13.3. The number of ether oxygens (including phenoxy) is 1. The van der Waals surface area contributed by atoms with Crippen LogP contribution in [0.3, 0.4) is 0 Å². The summed E-state index contributed by atoms with van der Waals surface area (Å²) in [5.41, 5.74) is 2.16. The number of hydrogen-bond acceptors (Lipinski definition) is 3. The van der Waals surface area contributed by atoms with E-state index in [4.69, 9.17) is 4.74 Å². The number of benzene rings is 1. The third-order valence-electron chi connectivity index (χ3n) is 4.12. The first-order chi connectivity index (χ1) is 9.24. The van der Waals surface area contributed by atoms with Crippen LogP contribution in [0.4, 0.5) is 0 Å². The van der Waals surface area contributed by atoms with Crippen molar-refractivity contribution in [3.63, 3.8) is 0 Å². The summed E-state index contributed by atoms with van der Waals surface area (Å²) in [5.74, 6) is 0. The van der Waals surface area contributed by atoms with Gasteiger partial charge in [0.25, 0.3) is 0 Å². The summed E-state index contributed by atoms with van der Waals surface area (Å²) in [5, 5.41) is 4.61. The lowest BCUT2D eigenvalue weighted by Crippen LogP contribution is -2.39. The van der Waals surface area contributed by atoms with Gasteiger partial charge in [0, 0.05) is 18.2 Å². The van der Waals surface area contributed by atoms with Crippen LogP contribution in [0, 0.1) is 0 Å². The van der Waals surface area contributed by atoms with Crippen LogP contribution in [0.1, 0.15) is 31.4 Å². The molecule has 1 N–H and O–H groups in total. The number of nitrogens with one attached hydrogen (secondary N) is 1. The van der Waals surface area contributed by atoms with Crippen molar-refractivity contribution >= 4 is 10.9 Å². The van der Waals surface area contributed by atoms with Gasteiger partial charge in [-0.25, -0.2) is 0 Å². The van der Waals surface area contributed by atoms with Crippen LogP contribution >= 0.6 is 0 Å². The first kappa shape index (κ1) is 12.6. The fourth-order valence-corrected chi connectivity index (χ4v) is 3.18. The van der Waals surface area contributed by atoms with Crippen molar-refractivity contribution in [2.24, 2.45) is 0 Å². The first-order valence-corrected chi connectivity index (χ1v) is 6.89. The maximum atomic E-state index is 6.01. The van der Waals surface area contributed by atoms with E-state index in [9.17, 15) is 0 Å². The van der Waals surface area contributed by atoms with E-state index >= 15 is 0 Å². The Morgan fingerprint density at radius 3 is 2.89 bits per heavy atom. The standard InChI is InChI=1S/C16H20N2O/c1-16(9-5-11-19-16)15(17-2)13-8-3-6-12-7-4-10-18-14(12)13/h3-4,6-8,10,15,17H,5,9,11H2,1-2H3. The van der Waals surface area contributed by atoms with Crippen LogP contribution in [-0.2, 0) is 4.74 Å². The van der Waals surface area contributed by atoms with Crippen molar-refractivity contribution in [3.05, 3.63) is 42.1 Å². The van der Waals surface area contributed by atoms with Crippen molar-refractivity contribution in [3.8, 4) is 0 Å². The molecule has 1 aliphatic heterocycles. The molecule has 0 amide bonds. The molecule has 0 spiro atoms. The van der Waals surface area contributed by atoms with Crippen LogP contribution in [0.5, 0.6) is 0 Å². The van der Waals surface area contributed by atoms with Gasteiger partial charge in [0.05, 0.1) is 17.2 Å². The maximum Gasteiger partial charge on any atom is 0.0849 e. The summed E-state index contributed by atoms with van der Waals surface area (Å²) in [7, 11) is 2.00. The monoisotopic (exact) mass is 256 g/mol. The molecule has 1 aliphatic rings. The minimum Gasteiger partial charge on any atom is -0.373 e. The van der Waals surface area contributed by atoms with Crippen LogP contribution < -0.4 is 5.32 Å². The molecule has 0 saturated carbocycles. The summed E-state index contributed by atoms with van der Waals surface area (Å²) in [4.78, 5) is 4.56. The van der Waals surface area contributed by atoms with Crippen LogP contribution in [0.15, 0.2) is 36.5 Å². The van der Waals surface area contributed by atoms with Crippen molar-refractivity contribution in [1.29, 1.82) is 0 Å². The molecule has 0 radical (unpaired) electrons. The molecular formula is C16H20N2O. The molecule has 2 heterocycles. The highest BCUT2D eigenvalue weighted by molar-refractivity contribution is 5.82. The first-order valence-electron chi connectivity index (χ1n) is 6.89. The summed E-state index contributed by atoms with van der Waals surface area (Å²) >= 11 is 0. The van der Waals surface area contributed by atoms with Gasteiger partial charge in [-0.1, -0.05) is 24.3 Å². The minimum atomic E-state index is -0.138. The molecule has 2 unspecified atom stereocenters. The van der Waals surface area contributed by atoms with Gasteiger partial charge >= 0.3 is 0 Å². The second-order valence-electron chi connectivity index (χ2n) is 5.41. The Kier molecular flexibility index (Phi) is 3.25. The van der Waals surface area contributed by atoms with Crippen molar-refractivity contribution in [2.75, 3.05) is 13.7 Å². The number of nitrogens with zero attached hydrogens (tertiary/aromatic N) is 1. The summed E-state index contributed by atoms with van der Waals surface area (Å²) in [6.07, 6.45) is 4.07. The molecular weight excluding hydrogens is 236 g/mol. The molecule has 1 aromatic heterocycles. The molecule has 0 aliphatic carbocycles. The third-order valence-corrected chi connectivity index (χ3v) is 4.12. The molecule has 1 aromatic carbocycles.